The molecule has 0 unspecified atom stereocenters. The van der Waals surface area contributed by atoms with Crippen LogP contribution in [0.15, 0.2) is 0 Å². The predicted octanol–water partition coefficient (Wildman–Crippen LogP) is 6.90. The molecular weight excluding hydrogens is 326 g/mol. The first-order valence-corrected chi connectivity index (χ1v) is 9.99. The van der Waals surface area contributed by atoms with Gasteiger partial charge in [-0.05, 0) is 12.8 Å². The Morgan fingerprint density at radius 1 is 0.409 bits per heavy atom. The minimum absolute atomic E-state index is 0. The fraction of sp³-hybridized carbons (Fsp3) is 1.00. The van der Waals surface area contributed by atoms with Crippen LogP contribution in [0.1, 0.15) is 117 Å². The van der Waals surface area contributed by atoms with E-state index in [1.54, 1.807) is 0 Å². The first-order chi connectivity index (χ1) is 10.4. The van der Waals surface area contributed by atoms with E-state index in [-0.39, 0.29) is 19.8 Å². The number of hydrogen-bond donors (Lipinski definition) is 0. The number of rotatable bonds is 18. The van der Waals surface area contributed by atoms with E-state index in [1.165, 1.54) is 103 Å². The molecule has 22 heavy (non-hydrogen) atoms. The third kappa shape index (κ3) is 22.9. The van der Waals surface area contributed by atoms with Gasteiger partial charge in [-0.2, -0.15) is 0 Å². The molecule has 0 aliphatic rings. The van der Waals surface area contributed by atoms with Crippen molar-refractivity contribution in [2.75, 3.05) is 13.2 Å². The molecule has 0 aliphatic carbocycles. The molecule has 0 amide bonds. The van der Waals surface area contributed by atoms with Gasteiger partial charge in [0.2, 0.25) is 0 Å². The molecule has 0 atom stereocenters. The Bertz CT molecular complexity index is 155. The second-order valence-corrected chi connectivity index (χ2v) is 6.56. The number of ether oxygens (including phenoxy) is 1. The first-order valence-electron chi connectivity index (χ1n) is 9.99. The van der Waals surface area contributed by atoms with Crippen molar-refractivity contribution in [3.05, 3.63) is 0 Å². The Hall–Kier alpha value is 0.596. The second kappa shape index (κ2) is 23.9. The first kappa shape index (κ1) is 24.8. The van der Waals surface area contributed by atoms with Crippen LogP contribution in [0.2, 0.25) is 0 Å². The summed E-state index contributed by atoms with van der Waals surface area (Å²) >= 11 is 0. The van der Waals surface area contributed by atoms with Gasteiger partial charge in [-0.15, -0.1) is 0 Å². The fourth-order valence-corrected chi connectivity index (χ4v) is 2.78. The maximum Gasteiger partial charge on any atom is 0.0466 e. The molecule has 0 aliphatic heterocycles. The normalized spacial score (nSPS) is 10.6. The Kier molecular flexibility index (Phi) is 26.9. The fourth-order valence-electron chi connectivity index (χ4n) is 2.78. The summed E-state index contributed by atoms with van der Waals surface area (Å²) in [5.41, 5.74) is 0. The molecule has 3 radical (unpaired) electrons. The summed E-state index contributed by atoms with van der Waals surface area (Å²) in [6.45, 7) is 6.55. The van der Waals surface area contributed by atoms with Gasteiger partial charge in [-0.1, -0.05) is 104 Å². The molecule has 0 bridgehead atoms. The second-order valence-electron chi connectivity index (χ2n) is 6.56. The van der Waals surface area contributed by atoms with Crippen molar-refractivity contribution >= 4 is 19.8 Å². The van der Waals surface area contributed by atoms with Crippen molar-refractivity contribution in [2.45, 2.75) is 117 Å². The van der Waals surface area contributed by atoms with E-state index in [2.05, 4.69) is 13.8 Å². The summed E-state index contributed by atoms with van der Waals surface area (Å²) in [6, 6.07) is 0. The van der Waals surface area contributed by atoms with E-state index in [0.29, 0.717) is 0 Å². The third-order valence-corrected chi connectivity index (χ3v) is 4.28. The summed E-state index contributed by atoms with van der Waals surface area (Å²) in [6.07, 6.45) is 22.2. The molecular formula is C20H42GaO. The standard InChI is InChI=1S/C20H42O.Ga/c1-3-5-7-9-11-13-15-17-19-21-20-18-16-14-12-10-8-6-4-2;/h3-20H2,1-2H3;. The molecule has 2 heteroatoms. The van der Waals surface area contributed by atoms with Crippen LogP contribution >= 0.6 is 0 Å². The predicted molar refractivity (Wildman–Crippen MR) is 102 cm³/mol. The molecule has 0 heterocycles. The van der Waals surface area contributed by atoms with E-state index in [9.17, 15) is 0 Å². The summed E-state index contributed by atoms with van der Waals surface area (Å²) in [4.78, 5) is 0. The monoisotopic (exact) mass is 367 g/mol. The SMILES string of the molecule is CCCCCCCCCCOCCCCCCCCCC.[Ga]. The topological polar surface area (TPSA) is 9.23 Å². The van der Waals surface area contributed by atoms with Crippen molar-refractivity contribution in [1.82, 2.24) is 0 Å². The molecule has 0 rings (SSSR count). The molecule has 131 valence electrons. The average molecular weight is 368 g/mol. The van der Waals surface area contributed by atoms with Crippen molar-refractivity contribution in [3.8, 4) is 0 Å². The molecule has 0 saturated heterocycles. The smallest absolute Gasteiger partial charge is 0.0466 e. The number of hydrogen-bond acceptors (Lipinski definition) is 1. The largest absolute Gasteiger partial charge is 0.381 e. The molecule has 0 spiro atoms. The van der Waals surface area contributed by atoms with Crippen molar-refractivity contribution in [2.24, 2.45) is 0 Å². The van der Waals surface area contributed by atoms with Crippen LogP contribution in [0, 0.1) is 0 Å². The molecule has 0 fully saturated rings. The quantitative estimate of drug-likeness (QED) is 0.189. The van der Waals surface area contributed by atoms with E-state index in [4.69, 9.17) is 4.74 Å². The molecule has 0 aromatic carbocycles. The Balaban J connectivity index is 0. The van der Waals surface area contributed by atoms with E-state index >= 15 is 0 Å². The van der Waals surface area contributed by atoms with Gasteiger partial charge in [0, 0.05) is 33.0 Å². The van der Waals surface area contributed by atoms with Gasteiger partial charge in [-0.3, -0.25) is 0 Å². The molecule has 0 aromatic rings. The Labute approximate surface area is 154 Å². The van der Waals surface area contributed by atoms with Crippen molar-refractivity contribution in [1.29, 1.82) is 0 Å². The Morgan fingerprint density at radius 3 is 1.00 bits per heavy atom. The van der Waals surface area contributed by atoms with Crippen LogP contribution in [0.25, 0.3) is 0 Å². The van der Waals surface area contributed by atoms with Gasteiger partial charge in [0.1, 0.15) is 0 Å². The van der Waals surface area contributed by atoms with Crippen molar-refractivity contribution in [3.63, 3.8) is 0 Å². The summed E-state index contributed by atoms with van der Waals surface area (Å²) in [5.74, 6) is 0. The minimum Gasteiger partial charge on any atom is -0.381 e. The van der Waals surface area contributed by atoms with Crippen LogP contribution in [0.5, 0.6) is 0 Å². The van der Waals surface area contributed by atoms with Crippen LogP contribution in [0.3, 0.4) is 0 Å². The van der Waals surface area contributed by atoms with E-state index in [1.807, 2.05) is 0 Å². The van der Waals surface area contributed by atoms with Gasteiger partial charge in [0.25, 0.3) is 0 Å². The third-order valence-electron chi connectivity index (χ3n) is 4.28. The van der Waals surface area contributed by atoms with Crippen LogP contribution < -0.4 is 0 Å². The number of unbranched alkanes of at least 4 members (excludes halogenated alkanes) is 14. The summed E-state index contributed by atoms with van der Waals surface area (Å²) in [7, 11) is 0. The van der Waals surface area contributed by atoms with Gasteiger partial charge < -0.3 is 4.74 Å². The zero-order chi connectivity index (χ0) is 15.4. The average Bonchev–Trinajstić information content (AvgIpc) is 2.50. The molecule has 1 nitrogen and oxygen atoms in total. The van der Waals surface area contributed by atoms with Crippen LogP contribution in [-0.4, -0.2) is 33.0 Å². The molecule has 0 aromatic heterocycles. The van der Waals surface area contributed by atoms with Gasteiger partial charge in [0.15, 0.2) is 0 Å². The van der Waals surface area contributed by atoms with Gasteiger partial charge in [-0.25, -0.2) is 0 Å². The zero-order valence-corrected chi connectivity index (χ0v) is 18.1. The van der Waals surface area contributed by atoms with E-state index < -0.39 is 0 Å². The molecule has 0 N–H and O–H groups in total. The summed E-state index contributed by atoms with van der Waals surface area (Å²) < 4.78 is 5.72. The van der Waals surface area contributed by atoms with E-state index in [0.717, 1.165) is 13.2 Å². The summed E-state index contributed by atoms with van der Waals surface area (Å²) in [5, 5.41) is 0. The van der Waals surface area contributed by atoms with Crippen LogP contribution in [0.4, 0.5) is 0 Å². The molecule has 0 saturated carbocycles. The zero-order valence-electron chi connectivity index (χ0n) is 15.7. The van der Waals surface area contributed by atoms with Gasteiger partial charge >= 0.3 is 0 Å². The maximum atomic E-state index is 5.72. The van der Waals surface area contributed by atoms with Crippen molar-refractivity contribution < 1.29 is 4.74 Å². The maximum absolute atomic E-state index is 5.72. The Morgan fingerprint density at radius 2 is 0.682 bits per heavy atom. The minimum atomic E-state index is 0. The van der Waals surface area contributed by atoms with Gasteiger partial charge in [0.05, 0.1) is 0 Å². The van der Waals surface area contributed by atoms with Crippen LogP contribution in [-0.2, 0) is 4.74 Å².